The van der Waals surface area contributed by atoms with Crippen LogP contribution < -0.4 is 10.2 Å². The molecule has 1 aliphatic heterocycles. The first-order valence-corrected chi connectivity index (χ1v) is 10.4. The lowest BCUT2D eigenvalue weighted by Crippen LogP contribution is -2.33. The molecule has 0 bridgehead atoms. The lowest BCUT2D eigenvalue weighted by atomic mass is 10.00. The summed E-state index contributed by atoms with van der Waals surface area (Å²) in [6.45, 7) is 10.3. The van der Waals surface area contributed by atoms with E-state index in [1.54, 1.807) is 0 Å². The molecule has 0 aliphatic carbocycles. The van der Waals surface area contributed by atoms with Gasteiger partial charge in [0.05, 0.1) is 12.6 Å². The number of halogens is 1. The van der Waals surface area contributed by atoms with Crippen molar-refractivity contribution in [2.45, 2.75) is 52.6 Å². The van der Waals surface area contributed by atoms with Crippen molar-refractivity contribution in [3.8, 4) is 0 Å². The zero-order valence-corrected chi connectivity index (χ0v) is 18.1. The summed E-state index contributed by atoms with van der Waals surface area (Å²) >= 11 is 3.58. The van der Waals surface area contributed by atoms with Gasteiger partial charge in [0.1, 0.15) is 17.5 Å². The summed E-state index contributed by atoms with van der Waals surface area (Å²) in [5.41, 5.74) is 2.75. The second kappa shape index (κ2) is 8.57. The van der Waals surface area contributed by atoms with Crippen molar-refractivity contribution in [1.29, 1.82) is 0 Å². The third-order valence-electron chi connectivity index (χ3n) is 5.09. The van der Waals surface area contributed by atoms with Crippen LogP contribution in [0.1, 0.15) is 50.6 Å². The molecule has 1 aromatic heterocycles. The molecule has 2 heterocycles. The number of benzene rings is 1. The fraction of sp³-hybridized carbons (Fsp3) is 0.524. The van der Waals surface area contributed by atoms with E-state index < -0.39 is 0 Å². The number of fused-ring (bicyclic) bond motifs is 1. The molecule has 6 heteroatoms. The highest BCUT2D eigenvalue weighted by Crippen LogP contribution is 2.28. The number of aliphatic hydroxyl groups is 1. The Bertz CT molecular complexity index is 794. The minimum atomic E-state index is -0.0224. The van der Waals surface area contributed by atoms with Crippen molar-refractivity contribution < 1.29 is 5.11 Å². The second-order valence-electron chi connectivity index (χ2n) is 7.89. The van der Waals surface area contributed by atoms with E-state index in [0.29, 0.717) is 5.92 Å². The highest BCUT2D eigenvalue weighted by molar-refractivity contribution is 9.10. The monoisotopic (exact) mass is 432 g/mol. The first-order valence-electron chi connectivity index (χ1n) is 9.66. The van der Waals surface area contributed by atoms with Crippen molar-refractivity contribution >= 4 is 27.6 Å². The van der Waals surface area contributed by atoms with Crippen LogP contribution >= 0.6 is 15.9 Å². The van der Waals surface area contributed by atoms with Gasteiger partial charge in [0.25, 0.3) is 0 Å². The van der Waals surface area contributed by atoms with Crippen LogP contribution in [0, 0.1) is 5.92 Å². The molecule has 0 radical (unpaired) electrons. The first kappa shape index (κ1) is 20.1. The number of aromatic nitrogens is 2. The summed E-state index contributed by atoms with van der Waals surface area (Å²) in [6.07, 6.45) is 1.01. The Hall–Kier alpha value is -1.66. The Kier molecular flexibility index (Phi) is 6.37. The lowest BCUT2D eigenvalue weighted by Gasteiger charge is -2.31. The van der Waals surface area contributed by atoms with Crippen LogP contribution in [0.5, 0.6) is 0 Å². The van der Waals surface area contributed by atoms with Gasteiger partial charge in [0.15, 0.2) is 0 Å². The van der Waals surface area contributed by atoms with Gasteiger partial charge in [-0.2, -0.15) is 0 Å². The number of anilines is 2. The summed E-state index contributed by atoms with van der Waals surface area (Å²) in [4.78, 5) is 11.8. The Morgan fingerprint density at radius 2 is 1.93 bits per heavy atom. The molecule has 3 rings (SSSR count). The maximum absolute atomic E-state index is 9.67. The normalized spacial score (nSPS) is 15.2. The maximum Gasteiger partial charge on any atom is 0.135 e. The van der Waals surface area contributed by atoms with Crippen LogP contribution in [0.3, 0.4) is 0 Å². The molecule has 1 atom stereocenters. The molecule has 1 aliphatic rings. The maximum atomic E-state index is 9.67. The third kappa shape index (κ3) is 4.79. The number of hydrogen-bond donors (Lipinski definition) is 2. The van der Waals surface area contributed by atoms with Crippen molar-refractivity contribution in [2.24, 2.45) is 5.92 Å². The number of nitrogens with zero attached hydrogens (tertiary/aromatic N) is 3. The Morgan fingerprint density at radius 3 is 2.59 bits per heavy atom. The van der Waals surface area contributed by atoms with Crippen LogP contribution in [0.2, 0.25) is 0 Å². The molecule has 146 valence electrons. The molecule has 0 saturated heterocycles. The summed E-state index contributed by atoms with van der Waals surface area (Å²) < 4.78 is 1.11. The standard InChI is InChI=1S/C21H29BrN4O/c1-13(2)18(12-27)23-19-10-20(25-21(24-19)14(3)4)26-8-7-15-5-6-17(22)9-16(15)11-26/h5-6,9-10,13-14,18,27H,7-8,11-12H2,1-4H3,(H,23,24,25)/t18-/m0/s1. The first-order chi connectivity index (χ1) is 12.9. The smallest absolute Gasteiger partial charge is 0.135 e. The predicted octanol–water partition coefficient (Wildman–Crippen LogP) is 4.35. The highest BCUT2D eigenvalue weighted by Gasteiger charge is 2.21. The number of rotatable bonds is 6. The van der Waals surface area contributed by atoms with E-state index in [-0.39, 0.29) is 18.6 Å². The van der Waals surface area contributed by atoms with E-state index in [1.807, 2.05) is 6.07 Å². The van der Waals surface area contributed by atoms with Gasteiger partial charge < -0.3 is 15.3 Å². The molecule has 2 aromatic rings. The molecule has 2 N–H and O–H groups in total. The van der Waals surface area contributed by atoms with Gasteiger partial charge in [-0.15, -0.1) is 0 Å². The van der Waals surface area contributed by atoms with Crippen molar-refractivity contribution in [3.05, 3.63) is 45.7 Å². The van der Waals surface area contributed by atoms with E-state index in [0.717, 1.165) is 41.4 Å². The third-order valence-corrected chi connectivity index (χ3v) is 5.58. The summed E-state index contributed by atoms with van der Waals surface area (Å²) in [5.74, 6) is 3.12. The van der Waals surface area contributed by atoms with E-state index in [4.69, 9.17) is 4.98 Å². The van der Waals surface area contributed by atoms with Crippen LogP contribution in [0.4, 0.5) is 11.6 Å². The van der Waals surface area contributed by atoms with E-state index in [1.165, 1.54) is 11.1 Å². The van der Waals surface area contributed by atoms with Crippen LogP contribution in [0.15, 0.2) is 28.7 Å². The van der Waals surface area contributed by atoms with Gasteiger partial charge in [0.2, 0.25) is 0 Å². The van der Waals surface area contributed by atoms with Gasteiger partial charge in [0, 0.05) is 29.5 Å². The fourth-order valence-electron chi connectivity index (χ4n) is 3.28. The minimum absolute atomic E-state index is 0.0224. The number of nitrogens with one attached hydrogen (secondary N) is 1. The van der Waals surface area contributed by atoms with Gasteiger partial charge in [-0.3, -0.25) is 0 Å². The molecule has 0 amide bonds. The van der Waals surface area contributed by atoms with Gasteiger partial charge >= 0.3 is 0 Å². The molecular weight excluding hydrogens is 404 g/mol. The molecule has 0 spiro atoms. The molecule has 5 nitrogen and oxygen atoms in total. The summed E-state index contributed by atoms with van der Waals surface area (Å²) in [6, 6.07) is 8.51. The molecule has 1 aromatic carbocycles. The van der Waals surface area contributed by atoms with Gasteiger partial charge in [-0.1, -0.05) is 49.7 Å². The lowest BCUT2D eigenvalue weighted by molar-refractivity contribution is 0.249. The fourth-order valence-corrected chi connectivity index (χ4v) is 3.69. The zero-order chi connectivity index (χ0) is 19.6. The summed E-state index contributed by atoms with van der Waals surface area (Å²) in [5, 5.41) is 13.1. The Morgan fingerprint density at radius 1 is 1.15 bits per heavy atom. The Balaban J connectivity index is 1.90. The van der Waals surface area contributed by atoms with E-state index >= 15 is 0 Å². The molecule has 0 unspecified atom stereocenters. The SMILES string of the molecule is CC(C)c1nc(N[C@@H](CO)C(C)C)cc(N2CCc3ccc(Br)cc3C2)n1. The van der Waals surface area contributed by atoms with Crippen LogP contribution in [-0.4, -0.2) is 34.3 Å². The topological polar surface area (TPSA) is 61.3 Å². The number of aliphatic hydroxyl groups excluding tert-OH is 1. The molecular formula is C21H29BrN4O. The molecule has 27 heavy (non-hydrogen) atoms. The second-order valence-corrected chi connectivity index (χ2v) is 8.80. The van der Waals surface area contributed by atoms with Crippen molar-refractivity contribution in [1.82, 2.24) is 9.97 Å². The Labute approximate surface area is 170 Å². The molecule has 0 fully saturated rings. The average molecular weight is 433 g/mol. The van der Waals surface area contributed by atoms with Crippen LogP contribution in [0.25, 0.3) is 0 Å². The predicted molar refractivity (Wildman–Crippen MR) is 114 cm³/mol. The van der Waals surface area contributed by atoms with Crippen molar-refractivity contribution in [3.63, 3.8) is 0 Å². The minimum Gasteiger partial charge on any atom is -0.394 e. The largest absolute Gasteiger partial charge is 0.394 e. The van der Waals surface area contributed by atoms with E-state index in [2.05, 4.69) is 77.0 Å². The highest BCUT2D eigenvalue weighted by atomic mass is 79.9. The quantitative estimate of drug-likeness (QED) is 0.709. The van der Waals surface area contributed by atoms with Crippen LogP contribution in [-0.2, 0) is 13.0 Å². The average Bonchev–Trinajstić information content (AvgIpc) is 2.64. The molecule has 0 saturated carbocycles. The summed E-state index contributed by atoms with van der Waals surface area (Å²) in [7, 11) is 0. The zero-order valence-electron chi connectivity index (χ0n) is 16.5. The van der Waals surface area contributed by atoms with Gasteiger partial charge in [-0.05, 0) is 35.6 Å². The number of hydrogen-bond acceptors (Lipinski definition) is 5. The van der Waals surface area contributed by atoms with Gasteiger partial charge in [-0.25, -0.2) is 9.97 Å². The van der Waals surface area contributed by atoms with E-state index in [9.17, 15) is 5.11 Å². The van der Waals surface area contributed by atoms with Crippen molar-refractivity contribution in [2.75, 3.05) is 23.4 Å².